The van der Waals surface area contributed by atoms with E-state index in [1.807, 2.05) is 6.92 Å². The molecule has 0 bridgehead atoms. The number of aliphatic hydroxyl groups excluding tert-OH is 2. The van der Waals surface area contributed by atoms with Crippen molar-refractivity contribution in [1.82, 2.24) is 5.32 Å². The molecule has 0 aromatic heterocycles. The van der Waals surface area contributed by atoms with Crippen molar-refractivity contribution in [2.75, 3.05) is 6.61 Å². The van der Waals surface area contributed by atoms with Crippen molar-refractivity contribution in [2.24, 2.45) is 0 Å². The maximum Gasteiger partial charge on any atom is 0.220 e. The van der Waals surface area contributed by atoms with Gasteiger partial charge < -0.3 is 15.5 Å². The number of hydrogen-bond donors (Lipinski definition) is 3. The van der Waals surface area contributed by atoms with Gasteiger partial charge in [-0.15, -0.1) is 0 Å². The number of amides is 1. The molecule has 0 rings (SSSR count). The molecule has 0 heterocycles. The smallest absolute Gasteiger partial charge is 0.220 e. The van der Waals surface area contributed by atoms with Crippen molar-refractivity contribution >= 4 is 5.91 Å². The number of alkyl halides is 1. The Morgan fingerprint density at radius 1 is 0.852 bits per heavy atom. The predicted molar refractivity (Wildman–Crippen MR) is 111 cm³/mol. The quantitative estimate of drug-likeness (QED) is 0.271. The number of halogens is 1. The predicted octanol–water partition coefficient (Wildman–Crippen LogP) is 5.05. The molecule has 5 heteroatoms. The first kappa shape index (κ1) is 26.3. The highest BCUT2D eigenvalue weighted by Crippen LogP contribution is 2.16. The van der Waals surface area contributed by atoms with Crippen LogP contribution in [0.1, 0.15) is 110 Å². The molecule has 0 saturated heterocycles. The number of unbranched alkanes of at least 4 members (excludes halogenated alkanes) is 11. The first-order chi connectivity index (χ1) is 13.1. The number of hydrogen-bond acceptors (Lipinski definition) is 3. The second-order valence-electron chi connectivity index (χ2n) is 7.79. The van der Waals surface area contributed by atoms with Gasteiger partial charge >= 0.3 is 0 Å². The summed E-state index contributed by atoms with van der Waals surface area (Å²) in [5.74, 6) is -0.256. The van der Waals surface area contributed by atoms with Crippen molar-refractivity contribution < 1.29 is 19.4 Å². The molecule has 162 valence electrons. The van der Waals surface area contributed by atoms with Gasteiger partial charge in [0.05, 0.1) is 12.6 Å². The normalized spacial score (nSPS) is 14.7. The van der Waals surface area contributed by atoms with Gasteiger partial charge in [-0.25, -0.2) is 4.39 Å². The van der Waals surface area contributed by atoms with E-state index in [9.17, 15) is 19.4 Å². The fraction of sp³-hybridized carbons (Fsp3) is 0.955. The number of carbonyl (C=O) groups excluding carboxylic acids is 1. The standard InChI is InChI=1S/C22H44FNO3/c1-3-5-6-7-8-9-10-11-12-13-14-15-17-19(23)22(27)20(18-25)24-21(26)16-4-2/h19-20,22,25,27H,3-18H2,1-2H3,(H,24,26)/t19-,20-,22+/m0/s1. The zero-order chi connectivity index (χ0) is 20.3. The molecule has 0 aliphatic carbocycles. The summed E-state index contributed by atoms with van der Waals surface area (Å²) in [5, 5.41) is 21.8. The highest BCUT2D eigenvalue weighted by Gasteiger charge is 2.28. The molecule has 0 radical (unpaired) electrons. The Kier molecular flexibility index (Phi) is 18.2. The highest BCUT2D eigenvalue weighted by molar-refractivity contribution is 5.76. The molecule has 0 unspecified atom stereocenters. The fourth-order valence-corrected chi connectivity index (χ4v) is 3.35. The minimum atomic E-state index is -1.41. The number of rotatable bonds is 19. The molecule has 0 spiro atoms. The van der Waals surface area contributed by atoms with Crippen LogP contribution in [0.4, 0.5) is 4.39 Å². The molecule has 4 nitrogen and oxygen atoms in total. The van der Waals surface area contributed by atoms with Crippen LogP contribution in [0.15, 0.2) is 0 Å². The van der Waals surface area contributed by atoms with E-state index in [4.69, 9.17) is 0 Å². The van der Waals surface area contributed by atoms with E-state index in [-0.39, 0.29) is 12.3 Å². The first-order valence-corrected chi connectivity index (χ1v) is 11.3. The van der Waals surface area contributed by atoms with Gasteiger partial charge in [0.15, 0.2) is 0 Å². The first-order valence-electron chi connectivity index (χ1n) is 11.3. The Morgan fingerprint density at radius 3 is 1.78 bits per heavy atom. The van der Waals surface area contributed by atoms with Crippen LogP contribution >= 0.6 is 0 Å². The minimum Gasteiger partial charge on any atom is -0.394 e. The van der Waals surface area contributed by atoms with Crippen LogP contribution in [-0.4, -0.2) is 41.0 Å². The lowest BCUT2D eigenvalue weighted by molar-refractivity contribution is -0.123. The van der Waals surface area contributed by atoms with Gasteiger partial charge in [0.1, 0.15) is 12.3 Å². The zero-order valence-corrected chi connectivity index (χ0v) is 17.7. The van der Waals surface area contributed by atoms with E-state index in [1.54, 1.807) is 0 Å². The van der Waals surface area contributed by atoms with Gasteiger partial charge in [-0.2, -0.15) is 0 Å². The van der Waals surface area contributed by atoms with Crippen LogP contribution in [0.5, 0.6) is 0 Å². The summed E-state index contributed by atoms with van der Waals surface area (Å²) >= 11 is 0. The topological polar surface area (TPSA) is 69.6 Å². The Balaban J connectivity index is 3.65. The van der Waals surface area contributed by atoms with Crippen molar-refractivity contribution in [2.45, 2.75) is 128 Å². The van der Waals surface area contributed by atoms with Crippen LogP contribution < -0.4 is 5.32 Å². The van der Waals surface area contributed by atoms with E-state index in [1.165, 1.54) is 57.8 Å². The summed E-state index contributed by atoms with van der Waals surface area (Å²) in [7, 11) is 0. The van der Waals surface area contributed by atoms with Crippen LogP contribution in [-0.2, 0) is 4.79 Å². The zero-order valence-electron chi connectivity index (χ0n) is 17.7. The summed E-state index contributed by atoms with van der Waals surface area (Å²) in [6.45, 7) is 3.66. The summed E-state index contributed by atoms with van der Waals surface area (Å²) in [6, 6.07) is -0.920. The van der Waals surface area contributed by atoms with Gasteiger partial charge in [-0.3, -0.25) is 4.79 Å². The van der Waals surface area contributed by atoms with Crippen molar-refractivity contribution in [1.29, 1.82) is 0 Å². The molecule has 0 saturated carbocycles. The molecule has 0 aromatic carbocycles. The average molecular weight is 390 g/mol. The molecule has 1 amide bonds. The fourth-order valence-electron chi connectivity index (χ4n) is 3.35. The lowest BCUT2D eigenvalue weighted by Crippen LogP contribution is -2.49. The molecule has 0 aromatic rings. The lowest BCUT2D eigenvalue weighted by atomic mass is 10.00. The van der Waals surface area contributed by atoms with Gasteiger partial charge in [-0.1, -0.05) is 90.9 Å². The largest absolute Gasteiger partial charge is 0.394 e. The Morgan fingerprint density at radius 2 is 1.33 bits per heavy atom. The molecule has 3 N–H and O–H groups in total. The maximum absolute atomic E-state index is 14.2. The molecule has 0 fully saturated rings. The lowest BCUT2D eigenvalue weighted by Gasteiger charge is -2.25. The summed E-state index contributed by atoms with van der Waals surface area (Å²) in [6.07, 6.45) is 13.1. The highest BCUT2D eigenvalue weighted by atomic mass is 19.1. The summed E-state index contributed by atoms with van der Waals surface area (Å²) in [4.78, 5) is 11.6. The molecule has 3 atom stereocenters. The summed E-state index contributed by atoms with van der Waals surface area (Å²) < 4.78 is 14.2. The van der Waals surface area contributed by atoms with Crippen molar-refractivity contribution in [3.63, 3.8) is 0 Å². The Labute approximate surface area is 166 Å². The van der Waals surface area contributed by atoms with Crippen LogP contribution in [0.25, 0.3) is 0 Å². The van der Waals surface area contributed by atoms with E-state index in [0.29, 0.717) is 12.8 Å². The third-order valence-corrected chi connectivity index (χ3v) is 5.14. The van der Waals surface area contributed by atoms with Crippen molar-refractivity contribution in [3.8, 4) is 0 Å². The minimum absolute atomic E-state index is 0.256. The molecule has 0 aliphatic rings. The third-order valence-electron chi connectivity index (χ3n) is 5.14. The molecular formula is C22H44FNO3. The van der Waals surface area contributed by atoms with Gasteiger partial charge in [0.2, 0.25) is 5.91 Å². The average Bonchev–Trinajstić information content (AvgIpc) is 2.66. The van der Waals surface area contributed by atoms with Gasteiger partial charge in [0, 0.05) is 6.42 Å². The Hall–Kier alpha value is -0.680. The second-order valence-corrected chi connectivity index (χ2v) is 7.79. The van der Waals surface area contributed by atoms with Crippen LogP contribution in [0.3, 0.4) is 0 Å². The monoisotopic (exact) mass is 389 g/mol. The molecule has 0 aliphatic heterocycles. The van der Waals surface area contributed by atoms with Gasteiger partial charge in [0.25, 0.3) is 0 Å². The molecular weight excluding hydrogens is 345 g/mol. The number of nitrogens with one attached hydrogen (secondary N) is 1. The number of aliphatic hydroxyl groups is 2. The van der Waals surface area contributed by atoms with E-state index in [2.05, 4.69) is 12.2 Å². The van der Waals surface area contributed by atoms with E-state index >= 15 is 0 Å². The van der Waals surface area contributed by atoms with E-state index in [0.717, 1.165) is 19.3 Å². The maximum atomic E-state index is 14.2. The van der Waals surface area contributed by atoms with Crippen LogP contribution in [0.2, 0.25) is 0 Å². The summed E-state index contributed by atoms with van der Waals surface area (Å²) in [5.41, 5.74) is 0. The Bertz CT molecular complexity index is 342. The second kappa shape index (κ2) is 18.7. The van der Waals surface area contributed by atoms with Crippen molar-refractivity contribution in [3.05, 3.63) is 0 Å². The van der Waals surface area contributed by atoms with Crippen LogP contribution in [0, 0.1) is 0 Å². The number of carbonyl (C=O) groups is 1. The third kappa shape index (κ3) is 15.0. The SMILES string of the molecule is CCCCCCCCCCCCCC[C@H](F)[C@@H](O)[C@H](CO)NC(=O)CCC. The van der Waals surface area contributed by atoms with Gasteiger partial charge in [-0.05, 0) is 12.8 Å². The van der Waals surface area contributed by atoms with E-state index < -0.39 is 24.9 Å². The molecule has 27 heavy (non-hydrogen) atoms.